The Labute approximate surface area is 142 Å². The van der Waals surface area contributed by atoms with E-state index >= 15 is 0 Å². The Kier molecular flexibility index (Phi) is 3.63. The fourth-order valence-electron chi connectivity index (χ4n) is 3.25. The van der Waals surface area contributed by atoms with Gasteiger partial charge in [0.05, 0.1) is 0 Å². The van der Waals surface area contributed by atoms with Gasteiger partial charge < -0.3 is 15.3 Å². The summed E-state index contributed by atoms with van der Waals surface area (Å²) in [5.74, 6) is -2.44. The molecule has 2 aliphatic rings. The molecular formula is C16H17FN2O4S. The Morgan fingerprint density at radius 3 is 2.38 bits per heavy atom. The van der Waals surface area contributed by atoms with Gasteiger partial charge in [-0.25, -0.2) is 9.18 Å². The van der Waals surface area contributed by atoms with E-state index in [1.54, 1.807) is 20.8 Å². The molecule has 0 bridgehead atoms. The quantitative estimate of drug-likeness (QED) is 0.805. The van der Waals surface area contributed by atoms with Gasteiger partial charge in [0.2, 0.25) is 0 Å². The monoisotopic (exact) mass is 352 g/mol. The minimum Gasteiger partial charge on any atom is -0.480 e. The molecule has 6 nitrogen and oxygen atoms in total. The van der Waals surface area contributed by atoms with Crippen LogP contribution < -0.4 is 5.32 Å². The first-order valence-electron chi connectivity index (χ1n) is 7.39. The number of nitrogens with one attached hydrogen (secondary N) is 1. The standard InChI is InChI=1S/C16H17FN2O4S/c1-15(2)10(12(21)22)19-13(23)16(3,14(19)24-15)18-11(20)8-4-6-9(17)7-5-8/h4-7,10,14H,1-3H3,(H,18,20)(H,21,22)/t10-,14+,16?/m0/s1. The number of hydrogen-bond donors (Lipinski definition) is 2. The number of β-lactam (4-membered cyclic amide) rings is 1. The predicted octanol–water partition coefficient (Wildman–Crippen LogP) is 1.46. The predicted molar refractivity (Wildman–Crippen MR) is 86.0 cm³/mol. The Hall–Kier alpha value is -2.09. The van der Waals surface area contributed by atoms with Crippen molar-refractivity contribution < 1.29 is 23.9 Å². The van der Waals surface area contributed by atoms with Gasteiger partial charge in [-0.2, -0.15) is 0 Å². The first kappa shape index (κ1) is 16.8. The molecule has 1 unspecified atom stereocenters. The normalized spacial score (nSPS) is 30.5. The van der Waals surface area contributed by atoms with Crippen molar-refractivity contribution in [3.05, 3.63) is 35.6 Å². The van der Waals surface area contributed by atoms with Crippen LogP contribution in [0.1, 0.15) is 31.1 Å². The minimum absolute atomic E-state index is 0.237. The third kappa shape index (κ3) is 2.28. The number of carboxylic acid groups (broad SMARTS) is 1. The van der Waals surface area contributed by atoms with Crippen molar-refractivity contribution in [2.75, 3.05) is 0 Å². The van der Waals surface area contributed by atoms with E-state index in [4.69, 9.17) is 0 Å². The average molecular weight is 352 g/mol. The second-order valence-electron chi connectivity index (χ2n) is 6.69. The van der Waals surface area contributed by atoms with Gasteiger partial charge in [-0.15, -0.1) is 11.8 Å². The van der Waals surface area contributed by atoms with Crippen LogP contribution >= 0.6 is 11.8 Å². The van der Waals surface area contributed by atoms with E-state index in [9.17, 15) is 23.9 Å². The summed E-state index contributed by atoms with van der Waals surface area (Å²) < 4.78 is 12.3. The number of thioether (sulfide) groups is 1. The van der Waals surface area contributed by atoms with Crippen LogP contribution in [0.15, 0.2) is 24.3 Å². The van der Waals surface area contributed by atoms with Crippen LogP contribution in [-0.2, 0) is 9.59 Å². The molecule has 2 saturated heterocycles. The van der Waals surface area contributed by atoms with Gasteiger partial charge in [0, 0.05) is 10.3 Å². The van der Waals surface area contributed by atoms with Crippen LogP contribution in [0.25, 0.3) is 0 Å². The fraction of sp³-hybridized carbons (Fsp3) is 0.438. The topological polar surface area (TPSA) is 86.7 Å². The molecular weight excluding hydrogens is 335 g/mol. The van der Waals surface area contributed by atoms with Crippen LogP contribution in [0.4, 0.5) is 4.39 Å². The molecule has 2 aliphatic heterocycles. The van der Waals surface area contributed by atoms with Crippen molar-refractivity contribution in [2.45, 2.75) is 42.5 Å². The summed E-state index contributed by atoms with van der Waals surface area (Å²) in [5, 5.41) is 11.6. The molecule has 0 aliphatic carbocycles. The van der Waals surface area contributed by atoms with Gasteiger partial charge >= 0.3 is 5.97 Å². The minimum atomic E-state index is -1.18. The van der Waals surface area contributed by atoms with Gasteiger partial charge in [-0.1, -0.05) is 0 Å². The van der Waals surface area contributed by atoms with Crippen LogP contribution in [0.3, 0.4) is 0 Å². The number of aliphatic carboxylic acids is 1. The van der Waals surface area contributed by atoms with Crippen molar-refractivity contribution in [3.8, 4) is 0 Å². The number of hydrogen-bond acceptors (Lipinski definition) is 4. The molecule has 2 fully saturated rings. The van der Waals surface area contributed by atoms with E-state index in [2.05, 4.69) is 5.32 Å². The molecule has 3 rings (SSSR count). The summed E-state index contributed by atoms with van der Waals surface area (Å²) in [6, 6.07) is 4.07. The van der Waals surface area contributed by atoms with Crippen LogP contribution in [0.2, 0.25) is 0 Å². The SMILES string of the molecule is CC1(C)S[C@H]2N(C(=O)C2(C)NC(=O)c2ccc(F)cc2)[C@H]1C(=O)O. The lowest BCUT2D eigenvalue weighted by molar-refractivity contribution is -0.165. The highest BCUT2D eigenvalue weighted by Crippen LogP contribution is 2.54. The Morgan fingerprint density at radius 2 is 1.83 bits per heavy atom. The summed E-state index contributed by atoms with van der Waals surface area (Å²) in [6.07, 6.45) is 0. The van der Waals surface area contributed by atoms with Gasteiger partial charge in [0.1, 0.15) is 22.8 Å². The molecule has 8 heteroatoms. The number of nitrogens with zero attached hydrogens (tertiary/aromatic N) is 1. The van der Waals surface area contributed by atoms with Crippen molar-refractivity contribution in [2.24, 2.45) is 0 Å². The zero-order chi connectivity index (χ0) is 17.9. The lowest BCUT2D eigenvalue weighted by Crippen LogP contribution is -2.78. The van der Waals surface area contributed by atoms with E-state index in [1.807, 2.05) is 0 Å². The molecule has 2 heterocycles. The van der Waals surface area contributed by atoms with Crippen molar-refractivity contribution in [1.29, 1.82) is 0 Å². The van der Waals surface area contributed by atoms with E-state index in [0.717, 1.165) is 0 Å². The molecule has 0 radical (unpaired) electrons. The zero-order valence-corrected chi connectivity index (χ0v) is 14.2. The van der Waals surface area contributed by atoms with Crippen molar-refractivity contribution >= 4 is 29.5 Å². The van der Waals surface area contributed by atoms with E-state index < -0.39 is 45.3 Å². The van der Waals surface area contributed by atoms with Crippen molar-refractivity contribution in [1.82, 2.24) is 10.2 Å². The highest BCUT2D eigenvalue weighted by Gasteiger charge is 2.70. The van der Waals surface area contributed by atoms with Gasteiger partial charge in [-0.3, -0.25) is 9.59 Å². The number of carboxylic acids is 1. The average Bonchev–Trinajstić information content (AvgIpc) is 2.77. The molecule has 3 atom stereocenters. The first-order chi connectivity index (χ1) is 11.1. The first-order valence-corrected chi connectivity index (χ1v) is 8.27. The number of amides is 2. The fourth-order valence-corrected chi connectivity index (χ4v) is 4.89. The van der Waals surface area contributed by atoms with Crippen LogP contribution in [-0.4, -0.2) is 49.5 Å². The number of carbonyl (C=O) groups is 3. The third-order valence-corrected chi connectivity index (χ3v) is 6.24. The summed E-state index contributed by atoms with van der Waals surface area (Å²) >= 11 is 1.35. The van der Waals surface area contributed by atoms with Gasteiger partial charge in [0.25, 0.3) is 11.8 Å². The summed E-state index contributed by atoms with van der Waals surface area (Å²) in [4.78, 5) is 37.7. The molecule has 1 aromatic carbocycles. The zero-order valence-electron chi connectivity index (χ0n) is 13.4. The molecule has 128 valence electrons. The second kappa shape index (κ2) is 5.20. The summed E-state index contributed by atoms with van der Waals surface area (Å²) in [7, 11) is 0. The van der Waals surface area contributed by atoms with E-state index in [0.29, 0.717) is 0 Å². The number of fused-ring (bicyclic) bond motifs is 1. The molecule has 0 spiro atoms. The highest BCUT2D eigenvalue weighted by atomic mass is 32.2. The Balaban J connectivity index is 1.83. The number of halogens is 1. The number of benzene rings is 1. The molecule has 0 saturated carbocycles. The maximum absolute atomic E-state index is 13.0. The molecule has 2 N–H and O–H groups in total. The second-order valence-corrected chi connectivity index (χ2v) is 8.42. The van der Waals surface area contributed by atoms with E-state index in [1.165, 1.54) is 40.9 Å². The molecule has 0 aromatic heterocycles. The summed E-state index contributed by atoms with van der Waals surface area (Å²) in [6.45, 7) is 5.12. The Bertz CT molecular complexity index is 736. The Morgan fingerprint density at radius 1 is 1.25 bits per heavy atom. The third-order valence-electron chi connectivity index (χ3n) is 4.49. The number of carbonyl (C=O) groups excluding carboxylic acids is 2. The van der Waals surface area contributed by atoms with Crippen molar-refractivity contribution in [3.63, 3.8) is 0 Å². The molecule has 1 aromatic rings. The maximum Gasteiger partial charge on any atom is 0.327 e. The lowest BCUT2D eigenvalue weighted by atomic mass is 9.86. The van der Waals surface area contributed by atoms with Crippen LogP contribution in [0.5, 0.6) is 0 Å². The molecule has 24 heavy (non-hydrogen) atoms. The van der Waals surface area contributed by atoms with E-state index in [-0.39, 0.29) is 5.56 Å². The van der Waals surface area contributed by atoms with Crippen LogP contribution in [0, 0.1) is 5.82 Å². The van der Waals surface area contributed by atoms with Gasteiger partial charge in [-0.05, 0) is 45.0 Å². The number of rotatable bonds is 3. The maximum atomic E-state index is 13.0. The smallest absolute Gasteiger partial charge is 0.327 e. The largest absolute Gasteiger partial charge is 0.480 e. The molecule has 2 amide bonds. The summed E-state index contributed by atoms with van der Waals surface area (Å²) in [5.41, 5.74) is -0.946. The lowest BCUT2D eigenvalue weighted by Gasteiger charge is -2.51. The van der Waals surface area contributed by atoms with Gasteiger partial charge in [0.15, 0.2) is 0 Å². The highest BCUT2D eigenvalue weighted by molar-refractivity contribution is 8.01.